The predicted octanol–water partition coefficient (Wildman–Crippen LogP) is -1.72. The lowest BCUT2D eigenvalue weighted by atomic mass is 10.2. The lowest BCUT2D eigenvalue weighted by Crippen LogP contribution is -2.60. The number of hydrogen-bond acceptors (Lipinski definition) is 7. The van der Waals surface area contributed by atoms with Gasteiger partial charge in [-0.2, -0.15) is 0 Å². The Morgan fingerprint density at radius 1 is 1.33 bits per heavy atom. The second-order valence-corrected chi connectivity index (χ2v) is 2.48. The smallest absolute Gasteiger partial charge is 0.449 e. The first-order valence-corrected chi connectivity index (χ1v) is 3.47. The molecule has 0 atom stereocenters. The van der Waals surface area contributed by atoms with Gasteiger partial charge in [0, 0.05) is 6.92 Å². The Kier molecular flexibility index (Phi) is 3.65. The van der Waals surface area contributed by atoms with E-state index in [1.165, 1.54) is 0 Å². The van der Waals surface area contributed by atoms with Crippen LogP contribution in [0.5, 0.6) is 0 Å². The van der Waals surface area contributed by atoms with Crippen LogP contribution in [0, 0.1) is 20.2 Å². The van der Waals surface area contributed by atoms with E-state index in [1.807, 2.05) is 0 Å². The number of nitrogens with two attached hydrogens (primary N) is 1. The monoisotopic (exact) mass is 221 g/mol. The van der Waals surface area contributed by atoms with Crippen molar-refractivity contribution in [3.05, 3.63) is 20.2 Å². The van der Waals surface area contributed by atoms with E-state index in [1.54, 1.807) is 0 Å². The largest absolute Gasteiger partial charge is 0.567 e. The summed E-state index contributed by atoms with van der Waals surface area (Å²) in [5, 5.41) is 20.8. The molecule has 15 heavy (non-hydrogen) atoms. The average Bonchev–Trinajstić information content (AvgIpc) is 2.02. The van der Waals surface area contributed by atoms with Crippen molar-refractivity contribution in [3.63, 3.8) is 0 Å². The fourth-order valence-electron chi connectivity index (χ4n) is 0.625. The summed E-state index contributed by atoms with van der Waals surface area (Å²) in [7, 11) is 0. The Balaban J connectivity index is 5.15. The summed E-state index contributed by atoms with van der Waals surface area (Å²) >= 11 is 0. The Bertz CT molecular complexity index is 289. The van der Waals surface area contributed by atoms with Gasteiger partial charge in [-0.15, -0.1) is 0 Å². The molecule has 0 aliphatic rings. The highest BCUT2D eigenvalue weighted by atomic mass is 16.7. The third-order valence-corrected chi connectivity index (χ3v) is 1.48. The van der Waals surface area contributed by atoms with Crippen molar-refractivity contribution in [3.8, 4) is 0 Å². The first-order chi connectivity index (χ1) is 6.75. The molecule has 0 aliphatic carbocycles. The second-order valence-electron chi connectivity index (χ2n) is 2.48. The van der Waals surface area contributed by atoms with Gasteiger partial charge in [0.05, 0.1) is 0 Å². The molecule has 0 bridgehead atoms. The summed E-state index contributed by atoms with van der Waals surface area (Å²) in [6, 6.07) is 0. The SMILES string of the molecule is CC(=O)OCC(C(N)=O)([N+](=O)[O-])[N+](=O)[O-]. The minimum absolute atomic E-state index is 0.881. The van der Waals surface area contributed by atoms with Gasteiger partial charge in [0.1, 0.15) is 9.85 Å². The van der Waals surface area contributed by atoms with Gasteiger partial charge in [-0.3, -0.25) is 29.8 Å². The molecule has 0 rings (SSSR count). The lowest BCUT2D eigenvalue weighted by molar-refractivity contribution is -0.777. The summed E-state index contributed by atoms with van der Waals surface area (Å²) in [4.78, 5) is 38.8. The molecule has 1 amide bonds. The maximum atomic E-state index is 10.7. The van der Waals surface area contributed by atoms with Gasteiger partial charge in [-0.05, 0) is 0 Å². The number of ether oxygens (including phenoxy) is 1. The number of rotatable bonds is 5. The molecule has 0 saturated carbocycles. The van der Waals surface area contributed by atoms with Gasteiger partial charge in [-0.25, -0.2) is 0 Å². The summed E-state index contributed by atoms with van der Waals surface area (Å²) in [6.07, 6.45) is 0. The topological polar surface area (TPSA) is 156 Å². The van der Waals surface area contributed by atoms with Crippen LogP contribution in [0.1, 0.15) is 6.92 Å². The molecule has 10 nitrogen and oxygen atoms in total. The average molecular weight is 221 g/mol. The van der Waals surface area contributed by atoms with E-state index in [4.69, 9.17) is 0 Å². The molecule has 0 aromatic rings. The Labute approximate surface area is 82.3 Å². The van der Waals surface area contributed by atoms with Crippen LogP contribution in [0.4, 0.5) is 0 Å². The molecular weight excluding hydrogens is 214 g/mol. The maximum absolute atomic E-state index is 10.7. The minimum atomic E-state index is -3.33. The number of amides is 1. The molecule has 10 heteroatoms. The van der Waals surface area contributed by atoms with E-state index in [0.717, 1.165) is 6.92 Å². The summed E-state index contributed by atoms with van der Waals surface area (Å²) in [6.45, 7) is -0.455. The van der Waals surface area contributed by atoms with Gasteiger partial charge >= 0.3 is 17.5 Å². The summed E-state index contributed by atoms with van der Waals surface area (Å²) in [5.74, 6) is -2.80. The van der Waals surface area contributed by atoms with Crippen LogP contribution in [0.15, 0.2) is 0 Å². The molecule has 0 fully saturated rings. The second kappa shape index (κ2) is 4.30. The van der Waals surface area contributed by atoms with E-state index in [2.05, 4.69) is 10.5 Å². The number of hydrogen-bond donors (Lipinski definition) is 1. The van der Waals surface area contributed by atoms with Gasteiger partial charge in [0.25, 0.3) is 0 Å². The highest BCUT2D eigenvalue weighted by molar-refractivity contribution is 5.81. The molecule has 0 aromatic carbocycles. The summed E-state index contributed by atoms with van der Waals surface area (Å²) < 4.78 is 4.07. The van der Waals surface area contributed by atoms with Crippen LogP contribution in [0.3, 0.4) is 0 Å². The van der Waals surface area contributed by atoms with Crippen LogP contribution in [-0.4, -0.2) is 34.0 Å². The molecule has 84 valence electrons. The highest BCUT2D eigenvalue weighted by Crippen LogP contribution is 2.11. The standard InChI is InChI=1S/C5H7N3O7/c1-3(9)15-2-5(4(6)10,7(11)12)8(13)14/h2H2,1H3,(H2,6,10). The molecule has 0 saturated heterocycles. The first-order valence-electron chi connectivity index (χ1n) is 3.47. The zero-order valence-corrected chi connectivity index (χ0v) is 7.54. The van der Waals surface area contributed by atoms with Crippen molar-refractivity contribution >= 4 is 11.9 Å². The van der Waals surface area contributed by atoms with Gasteiger partial charge in [0.2, 0.25) is 6.61 Å². The van der Waals surface area contributed by atoms with E-state index in [-0.39, 0.29) is 0 Å². The lowest BCUT2D eigenvalue weighted by Gasteiger charge is -2.12. The van der Waals surface area contributed by atoms with Crippen LogP contribution in [0.2, 0.25) is 0 Å². The molecule has 0 aromatic heterocycles. The molecule has 0 radical (unpaired) electrons. The predicted molar refractivity (Wildman–Crippen MR) is 42.5 cm³/mol. The molecule has 0 heterocycles. The summed E-state index contributed by atoms with van der Waals surface area (Å²) in [5.41, 5.74) is 1.22. The Hall–Kier alpha value is -2.26. The Morgan fingerprint density at radius 2 is 1.73 bits per heavy atom. The number of carbonyl (C=O) groups is 2. The van der Waals surface area contributed by atoms with Crippen molar-refractivity contribution in [1.29, 1.82) is 0 Å². The number of esters is 1. The van der Waals surface area contributed by atoms with Crippen LogP contribution in [0.25, 0.3) is 0 Å². The third kappa shape index (κ3) is 2.36. The van der Waals surface area contributed by atoms with Crippen LogP contribution in [-0.2, 0) is 14.3 Å². The van der Waals surface area contributed by atoms with E-state index < -0.39 is 34.0 Å². The zero-order valence-electron chi connectivity index (χ0n) is 7.54. The van der Waals surface area contributed by atoms with Gasteiger partial charge in [0.15, 0.2) is 0 Å². The quantitative estimate of drug-likeness (QED) is 0.250. The van der Waals surface area contributed by atoms with E-state index in [9.17, 15) is 29.8 Å². The highest BCUT2D eigenvalue weighted by Gasteiger charge is 2.64. The third-order valence-electron chi connectivity index (χ3n) is 1.48. The minimum Gasteiger partial charge on any atom is -0.449 e. The fraction of sp³-hybridized carbons (Fsp3) is 0.600. The number of primary amides is 1. The molecule has 2 N–H and O–H groups in total. The number of nitro groups is 2. The molecular formula is C5H7N3O7. The van der Waals surface area contributed by atoms with Crippen molar-refractivity contribution in [2.75, 3.05) is 6.61 Å². The normalized spacial score (nSPS) is 10.5. The van der Waals surface area contributed by atoms with Gasteiger partial charge in [-0.1, -0.05) is 0 Å². The number of carbonyl (C=O) groups excluding carboxylic acids is 2. The molecule has 0 spiro atoms. The van der Waals surface area contributed by atoms with Crippen molar-refractivity contribution < 1.29 is 24.2 Å². The van der Waals surface area contributed by atoms with E-state index >= 15 is 0 Å². The maximum Gasteiger partial charge on any atom is 0.567 e. The number of nitrogens with zero attached hydrogens (tertiary/aromatic N) is 2. The van der Waals surface area contributed by atoms with Crippen LogP contribution < -0.4 is 5.73 Å². The molecule has 0 aliphatic heterocycles. The van der Waals surface area contributed by atoms with Crippen molar-refractivity contribution in [2.45, 2.75) is 12.6 Å². The molecule has 0 unspecified atom stereocenters. The zero-order chi connectivity index (χ0) is 12.2. The van der Waals surface area contributed by atoms with Crippen molar-refractivity contribution in [1.82, 2.24) is 0 Å². The van der Waals surface area contributed by atoms with Crippen LogP contribution >= 0.6 is 0 Å². The van der Waals surface area contributed by atoms with E-state index in [0.29, 0.717) is 0 Å². The Morgan fingerprint density at radius 3 is 1.93 bits per heavy atom. The fourth-order valence-corrected chi connectivity index (χ4v) is 0.625. The van der Waals surface area contributed by atoms with Crippen molar-refractivity contribution in [2.24, 2.45) is 5.73 Å². The first kappa shape index (κ1) is 12.7. The van der Waals surface area contributed by atoms with Gasteiger partial charge < -0.3 is 10.5 Å².